The van der Waals surface area contributed by atoms with Crippen molar-refractivity contribution in [2.75, 3.05) is 35.4 Å². The fourth-order valence-corrected chi connectivity index (χ4v) is 5.86. The minimum absolute atomic E-state index is 0.106. The molecule has 0 saturated carbocycles. The smallest absolute Gasteiger partial charge is 0.264 e. The molecule has 8 heteroatoms. The van der Waals surface area contributed by atoms with Crippen molar-refractivity contribution in [1.29, 1.82) is 0 Å². The highest BCUT2D eigenvalue weighted by atomic mass is 32.2. The fraction of sp³-hybridized carbons (Fsp3) is 0.321. The first kappa shape index (κ1) is 25.6. The van der Waals surface area contributed by atoms with Crippen molar-refractivity contribution < 1.29 is 17.9 Å². The summed E-state index contributed by atoms with van der Waals surface area (Å²) in [6.45, 7) is 5.86. The number of hydrogen-bond acceptors (Lipinski definition) is 5. The van der Waals surface area contributed by atoms with Crippen molar-refractivity contribution in [3.63, 3.8) is 0 Å². The lowest BCUT2D eigenvalue weighted by Crippen LogP contribution is -2.41. The van der Waals surface area contributed by atoms with Gasteiger partial charge in [0.15, 0.2) is 0 Å². The maximum Gasteiger partial charge on any atom is 0.264 e. The van der Waals surface area contributed by atoms with Gasteiger partial charge < -0.3 is 15.0 Å². The van der Waals surface area contributed by atoms with E-state index in [1.807, 2.05) is 26.0 Å². The van der Waals surface area contributed by atoms with Gasteiger partial charge in [0.1, 0.15) is 12.3 Å². The Morgan fingerprint density at radius 2 is 1.61 bits per heavy atom. The molecule has 0 spiro atoms. The van der Waals surface area contributed by atoms with Crippen LogP contribution in [-0.2, 0) is 14.8 Å². The van der Waals surface area contributed by atoms with Gasteiger partial charge in [-0.05, 0) is 68.7 Å². The number of para-hydroxylation sites is 2. The number of sulfonamides is 1. The number of carbonyl (C=O) groups is 1. The van der Waals surface area contributed by atoms with Crippen molar-refractivity contribution >= 4 is 27.3 Å². The van der Waals surface area contributed by atoms with Crippen LogP contribution < -0.4 is 19.3 Å². The van der Waals surface area contributed by atoms with Gasteiger partial charge in [0, 0.05) is 18.8 Å². The molecule has 36 heavy (non-hydrogen) atoms. The third-order valence-corrected chi connectivity index (χ3v) is 8.07. The zero-order chi connectivity index (χ0) is 25.5. The largest absolute Gasteiger partial charge is 0.492 e. The predicted octanol–water partition coefficient (Wildman–Crippen LogP) is 4.76. The van der Waals surface area contributed by atoms with Crippen LogP contribution >= 0.6 is 0 Å². The van der Waals surface area contributed by atoms with Crippen LogP contribution in [0.1, 0.15) is 38.3 Å². The number of amides is 1. The second-order valence-electron chi connectivity index (χ2n) is 8.80. The van der Waals surface area contributed by atoms with E-state index in [2.05, 4.69) is 22.3 Å². The molecular formula is C28H33N3O4S. The third kappa shape index (κ3) is 5.82. The molecule has 1 atom stereocenters. The van der Waals surface area contributed by atoms with Crippen LogP contribution in [0.25, 0.3) is 0 Å². The summed E-state index contributed by atoms with van der Waals surface area (Å²) in [7, 11) is -4.02. The summed E-state index contributed by atoms with van der Waals surface area (Å²) in [4.78, 5) is 15.6. The van der Waals surface area contributed by atoms with E-state index < -0.39 is 15.9 Å². The van der Waals surface area contributed by atoms with Crippen LogP contribution in [-0.4, -0.2) is 40.6 Å². The quantitative estimate of drug-likeness (QED) is 0.428. The lowest BCUT2D eigenvalue weighted by molar-refractivity contribution is -0.120. The standard InChI is InChI=1S/C28H33N3O4S/c1-3-35-27-14-8-7-13-26(27)31(36(33,34)25-11-5-4-6-12-25)21-28(32)29-22(2)23-15-17-24(18-16-23)30-19-9-10-20-30/h4-8,11-18,22H,3,9-10,19-21H2,1-2H3,(H,29,32). The lowest BCUT2D eigenvalue weighted by Gasteiger charge is -2.26. The molecule has 1 aliphatic heterocycles. The first-order valence-electron chi connectivity index (χ1n) is 12.3. The number of carbonyl (C=O) groups excluding carboxylic acids is 1. The van der Waals surface area contributed by atoms with Gasteiger partial charge in [-0.3, -0.25) is 9.10 Å². The predicted molar refractivity (Wildman–Crippen MR) is 143 cm³/mol. The minimum atomic E-state index is -4.02. The van der Waals surface area contributed by atoms with E-state index in [1.54, 1.807) is 42.5 Å². The number of nitrogens with zero attached hydrogens (tertiary/aromatic N) is 2. The molecule has 1 fully saturated rings. The molecule has 1 aliphatic rings. The molecule has 1 amide bonds. The first-order chi connectivity index (χ1) is 17.4. The molecule has 1 heterocycles. The van der Waals surface area contributed by atoms with E-state index in [0.717, 1.165) is 23.0 Å². The minimum Gasteiger partial charge on any atom is -0.492 e. The Balaban J connectivity index is 1.55. The summed E-state index contributed by atoms with van der Waals surface area (Å²) in [5.41, 5.74) is 2.46. The Kier molecular flexibility index (Phi) is 8.15. The number of hydrogen-bond donors (Lipinski definition) is 1. The Bertz CT molecular complexity index is 1260. The van der Waals surface area contributed by atoms with Crippen molar-refractivity contribution in [3.05, 3.63) is 84.4 Å². The molecule has 1 saturated heterocycles. The van der Waals surface area contributed by atoms with Gasteiger partial charge in [-0.1, -0.05) is 42.5 Å². The molecule has 0 bridgehead atoms. The summed E-state index contributed by atoms with van der Waals surface area (Å²) in [5.74, 6) is -0.00483. The van der Waals surface area contributed by atoms with Crippen molar-refractivity contribution in [1.82, 2.24) is 5.32 Å². The Morgan fingerprint density at radius 3 is 2.28 bits per heavy atom. The highest BCUT2D eigenvalue weighted by Crippen LogP contribution is 2.32. The van der Waals surface area contributed by atoms with Gasteiger partial charge in [0.25, 0.3) is 10.0 Å². The highest BCUT2D eigenvalue weighted by molar-refractivity contribution is 7.92. The molecule has 3 aromatic rings. The van der Waals surface area contributed by atoms with Crippen molar-refractivity contribution in [3.8, 4) is 5.75 Å². The number of benzene rings is 3. The van der Waals surface area contributed by atoms with Crippen LogP contribution in [0.4, 0.5) is 11.4 Å². The average Bonchev–Trinajstić information content (AvgIpc) is 3.44. The van der Waals surface area contributed by atoms with Crippen molar-refractivity contribution in [2.45, 2.75) is 37.6 Å². The van der Waals surface area contributed by atoms with Gasteiger partial charge in [0.05, 0.1) is 23.2 Å². The van der Waals surface area contributed by atoms with Gasteiger partial charge in [-0.25, -0.2) is 8.42 Å². The van der Waals surface area contributed by atoms with E-state index in [-0.39, 0.29) is 17.5 Å². The monoisotopic (exact) mass is 507 g/mol. The molecule has 4 rings (SSSR count). The molecule has 3 aromatic carbocycles. The molecular weight excluding hydrogens is 474 g/mol. The maximum absolute atomic E-state index is 13.6. The molecule has 1 N–H and O–H groups in total. The second kappa shape index (κ2) is 11.5. The van der Waals surface area contributed by atoms with Crippen LogP contribution in [0.5, 0.6) is 5.75 Å². The summed E-state index contributed by atoms with van der Waals surface area (Å²) in [5, 5.41) is 2.96. The van der Waals surface area contributed by atoms with E-state index in [9.17, 15) is 13.2 Å². The third-order valence-electron chi connectivity index (χ3n) is 6.29. The molecule has 190 valence electrons. The zero-order valence-corrected chi connectivity index (χ0v) is 21.6. The lowest BCUT2D eigenvalue weighted by atomic mass is 10.1. The first-order valence-corrected chi connectivity index (χ1v) is 13.8. The molecule has 7 nitrogen and oxygen atoms in total. The normalized spacial score (nSPS) is 14.3. The van der Waals surface area contributed by atoms with Crippen LogP contribution in [0.15, 0.2) is 83.8 Å². The number of rotatable bonds is 10. The maximum atomic E-state index is 13.6. The number of ether oxygens (including phenoxy) is 1. The van der Waals surface area contributed by atoms with E-state index in [4.69, 9.17) is 4.74 Å². The van der Waals surface area contributed by atoms with Crippen LogP contribution in [0.3, 0.4) is 0 Å². The van der Waals surface area contributed by atoms with Gasteiger partial charge in [-0.15, -0.1) is 0 Å². The second-order valence-corrected chi connectivity index (χ2v) is 10.7. The number of nitrogens with one attached hydrogen (secondary N) is 1. The zero-order valence-electron chi connectivity index (χ0n) is 20.8. The molecule has 0 aromatic heterocycles. The summed E-state index contributed by atoms with van der Waals surface area (Å²) >= 11 is 0. The molecule has 1 unspecified atom stereocenters. The summed E-state index contributed by atoms with van der Waals surface area (Å²) < 4.78 is 34.1. The topological polar surface area (TPSA) is 79.0 Å². The van der Waals surface area contributed by atoms with E-state index in [1.165, 1.54) is 30.7 Å². The van der Waals surface area contributed by atoms with Crippen LogP contribution in [0.2, 0.25) is 0 Å². The Labute approximate surface area is 213 Å². The highest BCUT2D eigenvalue weighted by Gasteiger charge is 2.29. The molecule has 0 aliphatic carbocycles. The Hall–Kier alpha value is -3.52. The van der Waals surface area contributed by atoms with Crippen LogP contribution in [0, 0.1) is 0 Å². The fourth-order valence-electron chi connectivity index (χ4n) is 4.41. The average molecular weight is 508 g/mol. The number of anilines is 2. The van der Waals surface area contributed by atoms with Gasteiger partial charge >= 0.3 is 0 Å². The van der Waals surface area contributed by atoms with Gasteiger partial charge in [0.2, 0.25) is 5.91 Å². The van der Waals surface area contributed by atoms with Crippen molar-refractivity contribution in [2.24, 2.45) is 0 Å². The van der Waals surface area contributed by atoms with Gasteiger partial charge in [-0.2, -0.15) is 0 Å². The van der Waals surface area contributed by atoms with E-state index >= 15 is 0 Å². The SMILES string of the molecule is CCOc1ccccc1N(CC(=O)NC(C)c1ccc(N2CCCC2)cc1)S(=O)(=O)c1ccccc1. The van der Waals surface area contributed by atoms with E-state index in [0.29, 0.717) is 18.0 Å². The molecule has 0 radical (unpaired) electrons. The Morgan fingerprint density at radius 1 is 0.972 bits per heavy atom. The summed E-state index contributed by atoms with van der Waals surface area (Å²) in [6, 6.07) is 22.9. The summed E-state index contributed by atoms with van der Waals surface area (Å²) in [6.07, 6.45) is 2.42.